The first-order chi connectivity index (χ1) is 10.3. The summed E-state index contributed by atoms with van der Waals surface area (Å²) in [4.78, 5) is 0. The van der Waals surface area contributed by atoms with E-state index in [9.17, 15) is 0 Å². The Morgan fingerprint density at radius 2 is 1.05 bits per heavy atom. The Kier molecular flexibility index (Phi) is 5.69. The maximum atomic E-state index is 5.67. The van der Waals surface area contributed by atoms with Crippen LogP contribution in [0.15, 0.2) is 72.1 Å². The first-order valence-corrected chi connectivity index (χ1v) is 8.84. The third kappa shape index (κ3) is 4.53. The molecule has 0 saturated carbocycles. The summed E-state index contributed by atoms with van der Waals surface area (Å²) >= 11 is 0. The fourth-order valence-corrected chi connectivity index (χ4v) is 3.64. The van der Waals surface area contributed by atoms with Crippen molar-refractivity contribution in [3.05, 3.63) is 83.2 Å². The van der Waals surface area contributed by atoms with E-state index in [1.165, 1.54) is 0 Å². The molecule has 0 bridgehead atoms. The Bertz CT molecular complexity index is 536. The van der Waals surface area contributed by atoms with Crippen LogP contribution in [0.2, 0.25) is 0 Å². The minimum absolute atomic E-state index is 1.14. The molecule has 2 rings (SSSR count). The van der Waals surface area contributed by atoms with Crippen LogP contribution in [0.5, 0.6) is 0 Å². The van der Waals surface area contributed by atoms with Gasteiger partial charge in [-0.05, 0) is 22.5 Å². The number of benzene rings is 2. The summed E-state index contributed by atoms with van der Waals surface area (Å²) < 4.78 is 11.3. The average Bonchev–Trinajstić information content (AvgIpc) is 2.58. The molecule has 0 saturated heterocycles. The molecule has 0 radical (unpaired) electrons. The van der Waals surface area contributed by atoms with Gasteiger partial charge in [0.2, 0.25) is 0 Å². The standard InChI is InChI=1S/C18H20O2Si/c1-19-21(20-2,15-13-17-9-5-3-6-10-17)16-14-18-11-7-4-8-12-18/h3-16H,1-2H3/b15-13+,16-14+. The summed E-state index contributed by atoms with van der Waals surface area (Å²) in [5.74, 6) is 0. The molecule has 0 unspecified atom stereocenters. The van der Waals surface area contributed by atoms with Gasteiger partial charge in [0.1, 0.15) is 0 Å². The third-order valence-electron chi connectivity index (χ3n) is 3.25. The van der Waals surface area contributed by atoms with Gasteiger partial charge < -0.3 is 8.85 Å². The third-order valence-corrected chi connectivity index (χ3v) is 5.79. The molecule has 108 valence electrons. The molecular weight excluding hydrogens is 276 g/mol. The molecule has 2 aromatic rings. The molecule has 2 nitrogen and oxygen atoms in total. The molecule has 0 aliphatic rings. The largest absolute Gasteiger partial charge is 0.392 e. The quantitative estimate of drug-likeness (QED) is 0.743. The van der Waals surface area contributed by atoms with E-state index in [0.717, 1.165) is 11.1 Å². The summed E-state index contributed by atoms with van der Waals surface area (Å²) in [6.07, 6.45) is 4.10. The van der Waals surface area contributed by atoms with Crippen LogP contribution in [-0.4, -0.2) is 22.8 Å². The Balaban J connectivity index is 2.20. The van der Waals surface area contributed by atoms with Gasteiger partial charge in [-0.25, -0.2) is 0 Å². The zero-order valence-corrected chi connectivity index (χ0v) is 13.4. The second kappa shape index (κ2) is 7.74. The van der Waals surface area contributed by atoms with E-state index in [1.807, 2.05) is 47.8 Å². The summed E-state index contributed by atoms with van der Waals surface area (Å²) in [5, 5.41) is 0. The second-order valence-electron chi connectivity index (χ2n) is 4.62. The molecule has 0 amide bonds. The molecule has 21 heavy (non-hydrogen) atoms. The molecule has 0 aliphatic carbocycles. The SMILES string of the molecule is CO[Si](/C=C/c1ccccc1)(/C=C/c1ccccc1)OC. The molecule has 0 aromatic heterocycles. The highest BCUT2D eigenvalue weighted by Gasteiger charge is 2.28. The molecule has 0 N–H and O–H groups in total. The van der Waals surface area contributed by atoms with Crippen LogP contribution in [0.4, 0.5) is 0 Å². The Hall–Kier alpha value is -1.94. The van der Waals surface area contributed by atoms with E-state index in [1.54, 1.807) is 14.2 Å². The van der Waals surface area contributed by atoms with Gasteiger partial charge in [0.25, 0.3) is 0 Å². The van der Waals surface area contributed by atoms with Crippen molar-refractivity contribution in [1.82, 2.24) is 0 Å². The highest BCUT2D eigenvalue weighted by Crippen LogP contribution is 2.14. The van der Waals surface area contributed by atoms with Crippen LogP contribution in [0.3, 0.4) is 0 Å². The van der Waals surface area contributed by atoms with Crippen molar-refractivity contribution >= 4 is 20.7 Å². The Morgan fingerprint density at radius 1 is 0.667 bits per heavy atom. The lowest BCUT2D eigenvalue weighted by atomic mass is 10.2. The van der Waals surface area contributed by atoms with Crippen LogP contribution in [0.1, 0.15) is 11.1 Å². The first kappa shape index (κ1) is 15.4. The predicted octanol–water partition coefficient (Wildman–Crippen LogP) is 4.23. The van der Waals surface area contributed by atoms with Crippen molar-refractivity contribution in [3.8, 4) is 0 Å². The van der Waals surface area contributed by atoms with E-state index in [-0.39, 0.29) is 0 Å². The first-order valence-electron chi connectivity index (χ1n) is 6.87. The molecule has 3 heteroatoms. The summed E-state index contributed by atoms with van der Waals surface area (Å²) in [5.41, 5.74) is 6.36. The lowest BCUT2D eigenvalue weighted by Crippen LogP contribution is -2.36. The average molecular weight is 296 g/mol. The molecule has 0 aliphatic heterocycles. The maximum absolute atomic E-state index is 5.67. The van der Waals surface area contributed by atoms with E-state index in [2.05, 4.69) is 36.4 Å². The fourth-order valence-electron chi connectivity index (χ4n) is 1.96. The molecule has 2 aromatic carbocycles. The van der Waals surface area contributed by atoms with Gasteiger partial charge in [-0.15, -0.1) is 0 Å². The minimum Gasteiger partial charge on any atom is -0.392 e. The van der Waals surface area contributed by atoms with Crippen LogP contribution in [0, 0.1) is 0 Å². The molecule has 0 atom stereocenters. The lowest BCUT2D eigenvalue weighted by molar-refractivity contribution is 0.270. The molecule has 0 spiro atoms. The lowest BCUT2D eigenvalue weighted by Gasteiger charge is -2.19. The highest BCUT2D eigenvalue weighted by atomic mass is 28.4. The number of hydrogen-bond donors (Lipinski definition) is 0. The molecule has 0 fully saturated rings. The van der Waals surface area contributed by atoms with E-state index in [4.69, 9.17) is 8.85 Å². The van der Waals surface area contributed by atoms with Crippen LogP contribution < -0.4 is 0 Å². The van der Waals surface area contributed by atoms with Crippen molar-refractivity contribution in [3.63, 3.8) is 0 Å². The van der Waals surface area contributed by atoms with E-state index < -0.39 is 8.56 Å². The van der Waals surface area contributed by atoms with Crippen LogP contribution in [-0.2, 0) is 8.85 Å². The second-order valence-corrected chi connectivity index (χ2v) is 7.54. The minimum atomic E-state index is -2.47. The number of rotatable bonds is 6. The van der Waals surface area contributed by atoms with Crippen molar-refractivity contribution in [2.75, 3.05) is 14.2 Å². The monoisotopic (exact) mass is 296 g/mol. The highest BCUT2D eigenvalue weighted by molar-refractivity contribution is 6.78. The zero-order chi connectivity index (χ0) is 15.0. The fraction of sp³-hybridized carbons (Fsp3) is 0.111. The van der Waals surface area contributed by atoms with Gasteiger partial charge in [0.15, 0.2) is 0 Å². The zero-order valence-electron chi connectivity index (χ0n) is 12.4. The van der Waals surface area contributed by atoms with Crippen LogP contribution >= 0.6 is 0 Å². The smallest absolute Gasteiger partial charge is 0.391 e. The predicted molar refractivity (Wildman–Crippen MR) is 90.7 cm³/mol. The van der Waals surface area contributed by atoms with Crippen molar-refractivity contribution in [2.24, 2.45) is 0 Å². The van der Waals surface area contributed by atoms with Crippen molar-refractivity contribution < 1.29 is 8.85 Å². The van der Waals surface area contributed by atoms with Crippen molar-refractivity contribution in [1.29, 1.82) is 0 Å². The summed E-state index contributed by atoms with van der Waals surface area (Å²) in [7, 11) is 0.920. The van der Waals surface area contributed by atoms with Gasteiger partial charge in [-0.2, -0.15) is 0 Å². The Labute approximate surface area is 127 Å². The molecule has 0 heterocycles. The van der Waals surface area contributed by atoms with Crippen LogP contribution in [0.25, 0.3) is 12.2 Å². The molecular formula is C18H20O2Si. The van der Waals surface area contributed by atoms with Crippen molar-refractivity contribution in [2.45, 2.75) is 0 Å². The van der Waals surface area contributed by atoms with E-state index in [0.29, 0.717) is 0 Å². The summed E-state index contributed by atoms with van der Waals surface area (Å²) in [6, 6.07) is 20.3. The summed E-state index contributed by atoms with van der Waals surface area (Å²) in [6.45, 7) is 0. The van der Waals surface area contributed by atoms with Gasteiger partial charge >= 0.3 is 8.56 Å². The van der Waals surface area contributed by atoms with E-state index >= 15 is 0 Å². The van der Waals surface area contributed by atoms with Gasteiger partial charge in [0.05, 0.1) is 0 Å². The number of hydrogen-bond acceptors (Lipinski definition) is 2. The topological polar surface area (TPSA) is 18.5 Å². The normalized spacial score (nSPS) is 12.3. The Morgan fingerprint density at radius 3 is 1.38 bits per heavy atom. The van der Waals surface area contributed by atoms with Gasteiger partial charge in [-0.3, -0.25) is 0 Å². The van der Waals surface area contributed by atoms with Gasteiger partial charge in [0, 0.05) is 14.2 Å². The van der Waals surface area contributed by atoms with Gasteiger partial charge in [-0.1, -0.05) is 72.8 Å². The maximum Gasteiger partial charge on any atom is 0.391 e.